The van der Waals surface area contributed by atoms with Crippen LogP contribution in [0, 0.1) is 0 Å². The number of hydrogen-bond acceptors (Lipinski definition) is 3. The molecule has 2 aliphatic heterocycles. The molecule has 2 fully saturated rings. The van der Waals surface area contributed by atoms with Gasteiger partial charge in [0.25, 0.3) is 5.91 Å². The minimum atomic E-state index is -0.104. The monoisotopic (exact) mass is 328 g/mol. The van der Waals surface area contributed by atoms with E-state index in [4.69, 9.17) is 27.9 Å². The van der Waals surface area contributed by atoms with Gasteiger partial charge in [-0.3, -0.25) is 4.79 Å². The average Bonchev–Trinajstić information content (AvgIpc) is 2.77. The van der Waals surface area contributed by atoms with Crippen molar-refractivity contribution in [3.05, 3.63) is 28.2 Å². The van der Waals surface area contributed by atoms with Crippen LogP contribution in [0.15, 0.2) is 18.2 Å². The zero-order chi connectivity index (χ0) is 14.8. The lowest BCUT2D eigenvalue weighted by atomic mass is 10.00. The molecule has 2 saturated heterocycles. The van der Waals surface area contributed by atoms with E-state index in [-0.39, 0.29) is 18.6 Å². The van der Waals surface area contributed by atoms with Crippen LogP contribution in [0.2, 0.25) is 10.0 Å². The fourth-order valence-electron chi connectivity index (χ4n) is 3.18. The molecule has 2 aliphatic rings. The van der Waals surface area contributed by atoms with Gasteiger partial charge < -0.3 is 15.4 Å². The second kappa shape index (κ2) is 6.42. The third kappa shape index (κ3) is 3.82. The van der Waals surface area contributed by atoms with E-state index in [1.807, 2.05) is 0 Å². The van der Waals surface area contributed by atoms with Gasteiger partial charge in [0.1, 0.15) is 5.75 Å². The average molecular weight is 329 g/mol. The smallest absolute Gasteiger partial charge is 0.258 e. The standard InChI is InChI=1S/C15H18Cl2N2O2/c16-9-1-4-14(13(17)5-9)21-8-15(20)19-12-6-10-2-3-11(7-12)18-10/h1,4-5,10-12,18H,2-3,6-8H2,(H,19,20). The highest BCUT2D eigenvalue weighted by Gasteiger charge is 2.33. The second-order valence-corrected chi connectivity index (χ2v) is 6.58. The third-order valence-corrected chi connectivity index (χ3v) is 4.62. The van der Waals surface area contributed by atoms with Crippen molar-refractivity contribution in [2.24, 2.45) is 0 Å². The number of fused-ring (bicyclic) bond motifs is 2. The zero-order valence-electron chi connectivity index (χ0n) is 11.6. The van der Waals surface area contributed by atoms with Crippen molar-refractivity contribution in [1.82, 2.24) is 10.6 Å². The summed E-state index contributed by atoms with van der Waals surface area (Å²) in [5.41, 5.74) is 0. The number of ether oxygens (including phenoxy) is 1. The van der Waals surface area contributed by atoms with Crippen LogP contribution in [-0.4, -0.2) is 30.6 Å². The van der Waals surface area contributed by atoms with E-state index in [0.717, 1.165) is 12.8 Å². The quantitative estimate of drug-likeness (QED) is 0.893. The van der Waals surface area contributed by atoms with E-state index in [2.05, 4.69) is 10.6 Å². The Labute approximate surface area is 134 Å². The Morgan fingerprint density at radius 3 is 2.67 bits per heavy atom. The van der Waals surface area contributed by atoms with Gasteiger partial charge in [0.2, 0.25) is 0 Å². The summed E-state index contributed by atoms with van der Waals surface area (Å²) in [7, 11) is 0. The van der Waals surface area contributed by atoms with Crippen LogP contribution in [0.5, 0.6) is 5.75 Å². The molecule has 0 spiro atoms. The zero-order valence-corrected chi connectivity index (χ0v) is 13.1. The Bertz CT molecular complexity index is 526. The molecule has 6 heteroatoms. The molecule has 2 N–H and O–H groups in total. The highest BCUT2D eigenvalue weighted by atomic mass is 35.5. The number of nitrogens with one attached hydrogen (secondary N) is 2. The summed E-state index contributed by atoms with van der Waals surface area (Å²) >= 11 is 11.8. The molecule has 114 valence electrons. The van der Waals surface area contributed by atoms with Gasteiger partial charge in [0.15, 0.2) is 6.61 Å². The van der Waals surface area contributed by atoms with Gasteiger partial charge in [0, 0.05) is 23.1 Å². The lowest BCUT2D eigenvalue weighted by Gasteiger charge is -2.29. The van der Waals surface area contributed by atoms with E-state index in [9.17, 15) is 4.79 Å². The number of piperidine rings is 1. The van der Waals surface area contributed by atoms with Crippen LogP contribution < -0.4 is 15.4 Å². The molecule has 1 aromatic carbocycles. The minimum absolute atomic E-state index is 0.0272. The number of carbonyl (C=O) groups excluding carboxylic acids is 1. The first-order chi connectivity index (χ1) is 10.1. The second-order valence-electron chi connectivity index (χ2n) is 5.74. The molecule has 3 rings (SSSR count). The first-order valence-electron chi connectivity index (χ1n) is 7.23. The van der Waals surface area contributed by atoms with Gasteiger partial charge in [-0.05, 0) is 43.9 Å². The number of hydrogen-bond donors (Lipinski definition) is 2. The van der Waals surface area contributed by atoms with Crippen molar-refractivity contribution < 1.29 is 9.53 Å². The fraction of sp³-hybridized carbons (Fsp3) is 0.533. The molecule has 2 unspecified atom stereocenters. The molecule has 0 aliphatic carbocycles. The molecular weight excluding hydrogens is 311 g/mol. The van der Waals surface area contributed by atoms with Crippen LogP contribution in [0.4, 0.5) is 0 Å². The van der Waals surface area contributed by atoms with E-state index >= 15 is 0 Å². The molecule has 21 heavy (non-hydrogen) atoms. The topological polar surface area (TPSA) is 50.4 Å². The van der Waals surface area contributed by atoms with E-state index in [1.54, 1.807) is 18.2 Å². The lowest BCUT2D eigenvalue weighted by molar-refractivity contribution is -0.124. The number of halogens is 2. The molecule has 2 bridgehead atoms. The van der Waals surface area contributed by atoms with Crippen LogP contribution in [0.1, 0.15) is 25.7 Å². The molecule has 0 radical (unpaired) electrons. The van der Waals surface area contributed by atoms with Crippen LogP contribution in [-0.2, 0) is 4.79 Å². The van der Waals surface area contributed by atoms with Gasteiger partial charge in [-0.25, -0.2) is 0 Å². The fourth-order valence-corrected chi connectivity index (χ4v) is 3.64. The summed E-state index contributed by atoms with van der Waals surface area (Å²) in [6.45, 7) is -0.0272. The predicted molar refractivity (Wildman–Crippen MR) is 83.1 cm³/mol. The largest absolute Gasteiger partial charge is 0.482 e. The molecule has 0 aromatic heterocycles. The van der Waals surface area contributed by atoms with Crippen molar-refractivity contribution in [3.8, 4) is 5.75 Å². The maximum Gasteiger partial charge on any atom is 0.258 e. The van der Waals surface area contributed by atoms with Crippen LogP contribution >= 0.6 is 23.2 Å². The normalized spacial score (nSPS) is 27.4. The molecule has 1 amide bonds. The van der Waals surface area contributed by atoms with Crippen molar-refractivity contribution in [2.45, 2.75) is 43.8 Å². The van der Waals surface area contributed by atoms with E-state index in [0.29, 0.717) is 27.9 Å². The summed E-state index contributed by atoms with van der Waals surface area (Å²) in [6, 6.07) is 6.32. The SMILES string of the molecule is O=C(COc1ccc(Cl)cc1Cl)NC1CC2CCC(C1)N2. The third-order valence-electron chi connectivity index (χ3n) is 4.09. The Balaban J connectivity index is 1.48. The van der Waals surface area contributed by atoms with Gasteiger partial charge in [-0.1, -0.05) is 23.2 Å². The van der Waals surface area contributed by atoms with Crippen LogP contribution in [0.3, 0.4) is 0 Å². The number of benzene rings is 1. The molecule has 4 nitrogen and oxygen atoms in total. The Morgan fingerprint density at radius 1 is 1.29 bits per heavy atom. The molecule has 2 heterocycles. The molecule has 2 atom stereocenters. The summed E-state index contributed by atoms with van der Waals surface area (Å²) in [6.07, 6.45) is 4.44. The van der Waals surface area contributed by atoms with Crippen molar-refractivity contribution in [1.29, 1.82) is 0 Å². The molecule has 0 saturated carbocycles. The first kappa shape index (κ1) is 14.9. The van der Waals surface area contributed by atoms with E-state index < -0.39 is 0 Å². The van der Waals surface area contributed by atoms with E-state index in [1.165, 1.54) is 12.8 Å². The van der Waals surface area contributed by atoms with Crippen molar-refractivity contribution in [2.75, 3.05) is 6.61 Å². The lowest BCUT2D eigenvalue weighted by Crippen LogP contribution is -2.48. The Hall–Kier alpha value is -0.970. The molecular formula is C15H18Cl2N2O2. The van der Waals surface area contributed by atoms with Gasteiger partial charge in [-0.15, -0.1) is 0 Å². The summed E-state index contributed by atoms with van der Waals surface area (Å²) in [4.78, 5) is 12.0. The number of amides is 1. The maximum absolute atomic E-state index is 12.0. The maximum atomic E-state index is 12.0. The summed E-state index contributed by atoms with van der Waals surface area (Å²) < 4.78 is 5.45. The van der Waals surface area contributed by atoms with Crippen molar-refractivity contribution in [3.63, 3.8) is 0 Å². The Morgan fingerprint density at radius 2 is 2.00 bits per heavy atom. The number of rotatable bonds is 4. The Kier molecular flexibility index (Phi) is 4.57. The molecule has 1 aromatic rings. The van der Waals surface area contributed by atoms with Gasteiger partial charge in [0.05, 0.1) is 5.02 Å². The van der Waals surface area contributed by atoms with Gasteiger partial charge >= 0.3 is 0 Å². The minimum Gasteiger partial charge on any atom is -0.482 e. The number of carbonyl (C=O) groups is 1. The summed E-state index contributed by atoms with van der Waals surface area (Å²) in [5, 5.41) is 7.56. The highest BCUT2D eigenvalue weighted by molar-refractivity contribution is 6.35. The predicted octanol–water partition coefficient (Wildman–Crippen LogP) is 2.77. The van der Waals surface area contributed by atoms with Crippen molar-refractivity contribution >= 4 is 29.1 Å². The van der Waals surface area contributed by atoms with Gasteiger partial charge in [-0.2, -0.15) is 0 Å². The first-order valence-corrected chi connectivity index (χ1v) is 7.99. The summed E-state index contributed by atoms with van der Waals surface area (Å²) in [5.74, 6) is 0.369. The highest BCUT2D eigenvalue weighted by Crippen LogP contribution is 2.28. The van der Waals surface area contributed by atoms with Crippen LogP contribution in [0.25, 0.3) is 0 Å².